The van der Waals surface area contributed by atoms with Crippen LogP contribution >= 0.6 is 23.2 Å². The molecule has 0 radical (unpaired) electrons. The van der Waals surface area contributed by atoms with Gasteiger partial charge in [0.1, 0.15) is 0 Å². The van der Waals surface area contributed by atoms with Crippen molar-refractivity contribution in [1.82, 2.24) is 5.32 Å². The van der Waals surface area contributed by atoms with Crippen LogP contribution in [0, 0.1) is 0 Å². The fourth-order valence-corrected chi connectivity index (χ4v) is 1.65. The van der Waals surface area contributed by atoms with Gasteiger partial charge in [-0.1, -0.05) is 37.0 Å². The minimum absolute atomic E-state index is 0.331. The summed E-state index contributed by atoms with van der Waals surface area (Å²) in [4.78, 5) is 0. The molecule has 2 N–H and O–H groups in total. The van der Waals surface area contributed by atoms with Crippen LogP contribution in [-0.2, 0) is 0 Å². The molecule has 0 saturated carbocycles. The van der Waals surface area contributed by atoms with E-state index in [0.717, 1.165) is 0 Å². The van der Waals surface area contributed by atoms with E-state index < -0.39 is 6.10 Å². The fourth-order valence-electron chi connectivity index (χ4n) is 1.23. The Bertz CT molecular complexity index is 328. The highest BCUT2D eigenvalue weighted by molar-refractivity contribution is 6.33. The Kier molecular flexibility index (Phi) is 4.87. The van der Waals surface area contributed by atoms with Gasteiger partial charge in [-0.15, -0.1) is 0 Å². The first kappa shape index (κ1) is 12.8. The number of aliphatic hydroxyl groups excluding tert-OH is 1. The smallest absolute Gasteiger partial charge is 0.0929 e. The largest absolute Gasteiger partial charge is 0.387 e. The van der Waals surface area contributed by atoms with Gasteiger partial charge in [-0.3, -0.25) is 0 Å². The molecule has 1 aromatic rings. The molecule has 1 unspecified atom stereocenters. The third-order valence-electron chi connectivity index (χ3n) is 2.04. The predicted octanol–water partition coefficient (Wildman–Crippen LogP) is 3.02. The van der Waals surface area contributed by atoms with Crippen molar-refractivity contribution in [3.05, 3.63) is 33.8 Å². The molecule has 84 valence electrons. The molecule has 0 aliphatic carbocycles. The summed E-state index contributed by atoms with van der Waals surface area (Å²) in [6.45, 7) is 4.51. The molecule has 0 saturated heterocycles. The summed E-state index contributed by atoms with van der Waals surface area (Å²) in [5.41, 5.74) is 0.664. The second kappa shape index (κ2) is 5.71. The van der Waals surface area contributed by atoms with Gasteiger partial charge in [0.05, 0.1) is 6.10 Å². The van der Waals surface area contributed by atoms with E-state index in [2.05, 4.69) is 5.32 Å². The molecule has 2 nitrogen and oxygen atoms in total. The third kappa shape index (κ3) is 3.99. The molecule has 0 heterocycles. The molecule has 1 aromatic carbocycles. The first-order chi connectivity index (χ1) is 7.00. The standard InChI is InChI=1S/C11H15Cl2NO/c1-7(2)14-6-11(15)9-5-8(12)3-4-10(9)13/h3-5,7,11,14-15H,6H2,1-2H3. The van der Waals surface area contributed by atoms with Gasteiger partial charge in [0.15, 0.2) is 0 Å². The number of halogens is 2. The molecule has 0 aliphatic heterocycles. The average Bonchev–Trinajstić information content (AvgIpc) is 2.18. The van der Waals surface area contributed by atoms with E-state index in [1.54, 1.807) is 18.2 Å². The van der Waals surface area contributed by atoms with Gasteiger partial charge in [0, 0.05) is 28.2 Å². The van der Waals surface area contributed by atoms with Crippen LogP contribution in [0.25, 0.3) is 0 Å². The molecular formula is C11H15Cl2NO. The molecule has 0 spiro atoms. The molecule has 0 bridgehead atoms. The number of rotatable bonds is 4. The maximum Gasteiger partial charge on any atom is 0.0929 e. The van der Waals surface area contributed by atoms with E-state index >= 15 is 0 Å². The number of nitrogens with one attached hydrogen (secondary N) is 1. The Morgan fingerprint density at radius 2 is 2.00 bits per heavy atom. The van der Waals surface area contributed by atoms with Crippen LogP contribution in [0.15, 0.2) is 18.2 Å². The van der Waals surface area contributed by atoms with Crippen LogP contribution in [0.3, 0.4) is 0 Å². The second-order valence-corrected chi connectivity index (χ2v) is 4.59. The molecular weight excluding hydrogens is 233 g/mol. The van der Waals surface area contributed by atoms with Gasteiger partial charge in [0.2, 0.25) is 0 Å². The summed E-state index contributed by atoms with van der Waals surface area (Å²) < 4.78 is 0. The fraction of sp³-hybridized carbons (Fsp3) is 0.455. The van der Waals surface area contributed by atoms with Crippen LogP contribution in [0.5, 0.6) is 0 Å². The lowest BCUT2D eigenvalue weighted by atomic mass is 10.1. The van der Waals surface area contributed by atoms with Crippen molar-refractivity contribution in [2.75, 3.05) is 6.54 Å². The lowest BCUT2D eigenvalue weighted by Crippen LogP contribution is -2.28. The average molecular weight is 248 g/mol. The van der Waals surface area contributed by atoms with E-state index in [1.807, 2.05) is 13.8 Å². The Morgan fingerprint density at radius 1 is 1.33 bits per heavy atom. The predicted molar refractivity (Wildman–Crippen MR) is 64.6 cm³/mol. The van der Waals surface area contributed by atoms with Crippen molar-refractivity contribution in [1.29, 1.82) is 0 Å². The van der Waals surface area contributed by atoms with E-state index in [4.69, 9.17) is 23.2 Å². The van der Waals surface area contributed by atoms with Gasteiger partial charge in [-0.2, -0.15) is 0 Å². The molecule has 0 aromatic heterocycles. The van der Waals surface area contributed by atoms with Gasteiger partial charge in [-0.25, -0.2) is 0 Å². The zero-order valence-electron chi connectivity index (χ0n) is 8.80. The molecule has 0 amide bonds. The monoisotopic (exact) mass is 247 g/mol. The molecule has 1 atom stereocenters. The van der Waals surface area contributed by atoms with Gasteiger partial charge in [0.25, 0.3) is 0 Å². The first-order valence-electron chi connectivity index (χ1n) is 4.87. The zero-order chi connectivity index (χ0) is 11.4. The topological polar surface area (TPSA) is 32.3 Å². The third-order valence-corrected chi connectivity index (χ3v) is 2.62. The maximum atomic E-state index is 9.87. The molecule has 15 heavy (non-hydrogen) atoms. The highest BCUT2D eigenvalue weighted by Gasteiger charge is 2.12. The van der Waals surface area contributed by atoms with Crippen molar-refractivity contribution in [3.63, 3.8) is 0 Å². The highest BCUT2D eigenvalue weighted by atomic mass is 35.5. The zero-order valence-corrected chi connectivity index (χ0v) is 10.3. The van der Waals surface area contributed by atoms with E-state index in [0.29, 0.717) is 28.2 Å². The molecule has 4 heteroatoms. The van der Waals surface area contributed by atoms with E-state index in [-0.39, 0.29) is 0 Å². The molecule has 0 aliphatic rings. The summed E-state index contributed by atoms with van der Waals surface area (Å²) in [7, 11) is 0. The van der Waals surface area contributed by atoms with Crippen molar-refractivity contribution in [3.8, 4) is 0 Å². The first-order valence-corrected chi connectivity index (χ1v) is 5.62. The van der Waals surface area contributed by atoms with Gasteiger partial charge in [-0.05, 0) is 18.2 Å². The molecule has 0 fully saturated rings. The van der Waals surface area contributed by atoms with Gasteiger partial charge < -0.3 is 10.4 Å². The summed E-state index contributed by atoms with van der Waals surface area (Å²) in [5, 5.41) is 14.1. The summed E-state index contributed by atoms with van der Waals surface area (Å²) in [6, 6.07) is 5.42. The van der Waals surface area contributed by atoms with Gasteiger partial charge >= 0.3 is 0 Å². The Labute approximate surface area is 100 Å². The number of aliphatic hydroxyl groups is 1. The van der Waals surface area contributed by atoms with Crippen molar-refractivity contribution in [2.45, 2.75) is 26.0 Å². The quantitative estimate of drug-likeness (QED) is 0.858. The van der Waals surface area contributed by atoms with Crippen molar-refractivity contribution in [2.24, 2.45) is 0 Å². The minimum atomic E-state index is -0.626. The lowest BCUT2D eigenvalue weighted by Gasteiger charge is -2.15. The summed E-state index contributed by atoms with van der Waals surface area (Å²) in [6.07, 6.45) is -0.626. The number of hydrogen-bond acceptors (Lipinski definition) is 2. The van der Waals surface area contributed by atoms with Crippen LogP contribution < -0.4 is 5.32 Å². The normalized spacial score (nSPS) is 13.2. The van der Waals surface area contributed by atoms with Crippen LogP contribution in [-0.4, -0.2) is 17.7 Å². The highest BCUT2D eigenvalue weighted by Crippen LogP contribution is 2.25. The van der Waals surface area contributed by atoms with Crippen LogP contribution in [0.2, 0.25) is 10.0 Å². The Balaban J connectivity index is 2.72. The summed E-state index contributed by atoms with van der Waals surface area (Å²) in [5.74, 6) is 0. The van der Waals surface area contributed by atoms with Crippen LogP contribution in [0.4, 0.5) is 0 Å². The number of benzene rings is 1. The minimum Gasteiger partial charge on any atom is -0.387 e. The van der Waals surface area contributed by atoms with Crippen molar-refractivity contribution < 1.29 is 5.11 Å². The van der Waals surface area contributed by atoms with Crippen molar-refractivity contribution >= 4 is 23.2 Å². The molecule has 1 rings (SSSR count). The SMILES string of the molecule is CC(C)NCC(O)c1cc(Cl)ccc1Cl. The number of hydrogen-bond donors (Lipinski definition) is 2. The van der Waals surface area contributed by atoms with Crippen LogP contribution in [0.1, 0.15) is 25.5 Å². The lowest BCUT2D eigenvalue weighted by molar-refractivity contribution is 0.171. The van der Waals surface area contributed by atoms with E-state index in [9.17, 15) is 5.11 Å². The maximum absolute atomic E-state index is 9.87. The Hall–Kier alpha value is -0.280. The second-order valence-electron chi connectivity index (χ2n) is 3.74. The summed E-state index contributed by atoms with van der Waals surface area (Å²) >= 11 is 11.8. The van der Waals surface area contributed by atoms with E-state index in [1.165, 1.54) is 0 Å². The Morgan fingerprint density at radius 3 is 2.60 bits per heavy atom.